The average Bonchev–Trinajstić information content (AvgIpc) is 2.55. The van der Waals surface area contributed by atoms with Gasteiger partial charge < -0.3 is 9.67 Å². The molecule has 0 aliphatic heterocycles. The molecule has 0 saturated carbocycles. The highest BCUT2D eigenvalue weighted by atomic mass is 16.3. The molecule has 0 radical (unpaired) electrons. The predicted octanol–water partition coefficient (Wildman–Crippen LogP) is 2.43. The van der Waals surface area contributed by atoms with Crippen molar-refractivity contribution in [2.45, 2.75) is 0 Å². The van der Waals surface area contributed by atoms with Gasteiger partial charge in [-0.25, -0.2) is 4.98 Å². The van der Waals surface area contributed by atoms with Gasteiger partial charge in [0, 0.05) is 18.6 Å². The Morgan fingerprint density at radius 1 is 1.20 bits per heavy atom. The third kappa shape index (κ3) is 0.973. The number of phenols is 1. The molecule has 3 heteroatoms. The smallest absolute Gasteiger partial charge is 0.140 e. The van der Waals surface area contributed by atoms with E-state index in [9.17, 15) is 5.11 Å². The van der Waals surface area contributed by atoms with Crippen molar-refractivity contribution in [3.63, 3.8) is 0 Å². The molecule has 74 valence electrons. The lowest BCUT2D eigenvalue weighted by molar-refractivity contribution is 0.482. The van der Waals surface area contributed by atoms with Crippen molar-refractivity contribution in [2.24, 2.45) is 7.05 Å². The summed E-state index contributed by atoms with van der Waals surface area (Å²) in [5.74, 6) is 0.311. The minimum atomic E-state index is 0.311. The molecule has 1 aromatic carbocycles. The van der Waals surface area contributed by atoms with E-state index in [2.05, 4.69) is 4.98 Å². The van der Waals surface area contributed by atoms with Gasteiger partial charge >= 0.3 is 0 Å². The predicted molar refractivity (Wildman–Crippen MR) is 59.9 cm³/mol. The van der Waals surface area contributed by atoms with Gasteiger partial charge in [0.15, 0.2) is 0 Å². The molecule has 2 aromatic heterocycles. The van der Waals surface area contributed by atoms with Gasteiger partial charge in [-0.05, 0) is 24.3 Å². The minimum absolute atomic E-state index is 0.311. The quantitative estimate of drug-likeness (QED) is 0.602. The highest BCUT2D eigenvalue weighted by molar-refractivity contribution is 6.09. The Balaban J connectivity index is 2.70. The molecular weight excluding hydrogens is 188 g/mol. The van der Waals surface area contributed by atoms with Crippen LogP contribution in [0.25, 0.3) is 21.9 Å². The van der Waals surface area contributed by atoms with E-state index in [4.69, 9.17) is 0 Å². The molecule has 0 aliphatic carbocycles. The van der Waals surface area contributed by atoms with Gasteiger partial charge in [0.1, 0.15) is 11.4 Å². The van der Waals surface area contributed by atoms with Gasteiger partial charge in [-0.2, -0.15) is 0 Å². The number of phenolic OH excluding ortho intramolecular Hbond substituents is 1. The van der Waals surface area contributed by atoms with Crippen molar-refractivity contribution in [3.05, 3.63) is 36.5 Å². The maximum Gasteiger partial charge on any atom is 0.140 e. The van der Waals surface area contributed by atoms with Gasteiger partial charge in [-0.15, -0.1) is 0 Å². The van der Waals surface area contributed by atoms with Crippen molar-refractivity contribution in [3.8, 4) is 5.75 Å². The van der Waals surface area contributed by atoms with Crippen LogP contribution >= 0.6 is 0 Å². The van der Waals surface area contributed by atoms with Gasteiger partial charge in [0.2, 0.25) is 0 Å². The molecule has 0 fully saturated rings. The second-order valence-electron chi connectivity index (χ2n) is 3.60. The summed E-state index contributed by atoms with van der Waals surface area (Å²) in [4.78, 5) is 4.31. The number of benzene rings is 1. The molecule has 0 amide bonds. The van der Waals surface area contributed by atoms with Crippen LogP contribution in [-0.4, -0.2) is 14.7 Å². The van der Waals surface area contributed by atoms with Crippen LogP contribution in [-0.2, 0) is 7.05 Å². The van der Waals surface area contributed by atoms with Crippen LogP contribution in [0.4, 0.5) is 0 Å². The molecule has 1 N–H and O–H groups in total. The lowest BCUT2D eigenvalue weighted by Gasteiger charge is -1.96. The van der Waals surface area contributed by atoms with Crippen molar-refractivity contribution >= 4 is 21.9 Å². The van der Waals surface area contributed by atoms with Crippen LogP contribution in [0.15, 0.2) is 36.5 Å². The molecular formula is C12H10N2O. The summed E-state index contributed by atoms with van der Waals surface area (Å²) in [7, 11) is 1.96. The maximum absolute atomic E-state index is 9.84. The number of aromatic hydroxyl groups is 1. The molecule has 0 unspecified atom stereocenters. The number of nitrogens with zero attached hydrogens (tertiary/aromatic N) is 2. The maximum atomic E-state index is 9.84. The van der Waals surface area contributed by atoms with Crippen LogP contribution < -0.4 is 0 Å². The summed E-state index contributed by atoms with van der Waals surface area (Å²) in [5, 5.41) is 11.7. The molecule has 2 heterocycles. The zero-order valence-electron chi connectivity index (χ0n) is 8.31. The van der Waals surface area contributed by atoms with Crippen molar-refractivity contribution in [2.75, 3.05) is 0 Å². The highest BCUT2D eigenvalue weighted by Gasteiger charge is 2.10. The number of fused-ring (bicyclic) bond motifs is 3. The molecule has 3 nitrogen and oxygen atoms in total. The first-order chi connectivity index (χ1) is 7.29. The summed E-state index contributed by atoms with van der Waals surface area (Å²) in [6.07, 6.45) is 1.76. The van der Waals surface area contributed by atoms with E-state index in [1.165, 1.54) is 0 Å². The SMILES string of the molecule is Cn1c2cccc(O)c2c2cccnc21. The highest BCUT2D eigenvalue weighted by Crippen LogP contribution is 2.32. The Kier molecular flexibility index (Phi) is 1.51. The molecule has 0 aliphatic rings. The van der Waals surface area contributed by atoms with E-state index in [0.29, 0.717) is 5.75 Å². The van der Waals surface area contributed by atoms with Crippen LogP contribution in [0, 0.1) is 0 Å². The second-order valence-corrected chi connectivity index (χ2v) is 3.60. The lowest BCUT2D eigenvalue weighted by Crippen LogP contribution is -1.87. The normalized spacial score (nSPS) is 11.3. The summed E-state index contributed by atoms with van der Waals surface area (Å²) < 4.78 is 1.99. The third-order valence-electron chi connectivity index (χ3n) is 2.76. The average molecular weight is 198 g/mol. The third-order valence-corrected chi connectivity index (χ3v) is 2.76. The lowest BCUT2D eigenvalue weighted by atomic mass is 10.2. The molecule has 0 spiro atoms. The Morgan fingerprint density at radius 2 is 2.07 bits per heavy atom. The van der Waals surface area contributed by atoms with Gasteiger partial charge in [-0.1, -0.05) is 6.07 Å². The minimum Gasteiger partial charge on any atom is -0.507 e. The van der Waals surface area contributed by atoms with Gasteiger partial charge in [0.05, 0.1) is 10.9 Å². The first-order valence-corrected chi connectivity index (χ1v) is 4.80. The fourth-order valence-electron chi connectivity index (χ4n) is 2.06. The fraction of sp³-hybridized carbons (Fsp3) is 0.0833. The van der Waals surface area contributed by atoms with E-state index in [1.807, 2.05) is 35.9 Å². The zero-order valence-corrected chi connectivity index (χ0v) is 8.31. The number of rotatable bonds is 0. The summed E-state index contributed by atoms with van der Waals surface area (Å²) in [6, 6.07) is 9.39. The van der Waals surface area contributed by atoms with E-state index < -0.39 is 0 Å². The Labute approximate surface area is 86.6 Å². The first kappa shape index (κ1) is 8.29. The van der Waals surface area contributed by atoms with E-state index >= 15 is 0 Å². The number of hydrogen-bond acceptors (Lipinski definition) is 2. The molecule has 0 saturated heterocycles. The van der Waals surface area contributed by atoms with Crippen LogP contribution in [0.5, 0.6) is 5.75 Å². The molecule has 3 aromatic rings. The van der Waals surface area contributed by atoms with E-state index in [0.717, 1.165) is 21.9 Å². The van der Waals surface area contributed by atoms with Crippen LogP contribution in [0.1, 0.15) is 0 Å². The fourth-order valence-corrected chi connectivity index (χ4v) is 2.06. The largest absolute Gasteiger partial charge is 0.507 e. The summed E-state index contributed by atoms with van der Waals surface area (Å²) in [5.41, 5.74) is 1.90. The standard InChI is InChI=1S/C12H10N2O/c1-14-9-5-2-6-10(15)11(9)8-4-3-7-13-12(8)14/h2-7,15H,1H3. The molecule has 0 atom stereocenters. The molecule has 0 bridgehead atoms. The molecule has 3 rings (SSSR count). The van der Waals surface area contributed by atoms with Crippen LogP contribution in [0.3, 0.4) is 0 Å². The summed E-state index contributed by atoms with van der Waals surface area (Å²) >= 11 is 0. The topological polar surface area (TPSA) is 38.0 Å². The Hall–Kier alpha value is -2.03. The number of hydrogen-bond donors (Lipinski definition) is 1. The molecule has 15 heavy (non-hydrogen) atoms. The van der Waals surface area contributed by atoms with Gasteiger partial charge in [-0.3, -0.25) is 0 Å². The summed E-state index contributed by atoms with van der Waals surface area (Å²) in [6.45, 7) is 0. The first-order valence-electron chi connectivity index (χ1n) is 4.80. The zero-order chi connectivity index (χ0) is 10.4. The second kappa shape index (κ2) is 2.73. The van der Waals surface area contributed by atoms with Crippen molar-refractivity contribution in [1.82, 2.24) is 9.55 Å². The number of aryl methyl sites for hydroxylation is 1. The Bertz CT molecular complexity index is 655. The van der Waals surface area contributed by atoms with Crippen molar-refractivity contribution in [1.29, 1.82) is 0 Å². The number of pyridine rings is 1. The Morgan fingerprint density at radius 3 is 2.93 bits per heavy atom. The van der Waals surface area contributed by atoms with E-state index in [-0.39, 0.29) is 0 Å². The van der Waals surface area contributed by atoms with Crippen LogP contribution in [0.2, 0.25) is 0 Å². The monoisotopic (exact) mass is 198 g/mol. The van der Waals surface area contributed by atoms with E-state index in [1.54, 1.807) is 12.3 Å². The van der Waals surface area contributed by atoms with Gasteiger partial charge in [0.25, 0.3) is 0 Å². The number of aromatic nitrogens is 2. The van der Waals surface area contributed by atoms with Crippen molar-refractivity contribution < 1.29 is 5.11 Å².